The van der Waals surface area contributed by atoms with Crippen molar-refractivity contribution in [2.45, 2.75) is 118 Å². The van der Waals surface area contributed by atoms with Crippen molar-refractivity contribution in [3.05, 3.63) is 130 Å². The zero-order valence-corrected chi connectivity index (χ0v) is 37.8. The Hall–Kier alpha value is -5.86. The lowest BCUT2D eigenvalue weighted by Gasteiger charge is -2.35. The van der Waals surface area contributed by atoms with E-state index in [1.807, 2.05) is 100 Å². The van der Waals surface area contributed by atoms with Crippen molar-refractivity contribution in [1.82, 2.24) is 41.0 Å². The molecule has 0 fully saturated rings. The number of aromatic nitrogens is 2. The molecule has 0 radical (unpaired) electrons. The van der Waals surface area contributed by atoms with E-state index in [0.717, 1.165) is 33.4 Å². The van der Waals surface area contributed by atoms with Gasteiger partial charge in [-0.2, -0.15) is 0 Å². The summed E-state index contributed by atoms with van der Waals surface area (Å²) in [5, 5.41) is 35.9. The van der Waals surface area contributed by atoms with Crippen molar-refractivity contribution >= 4 is 23.9 Å². The predicted molar refractivity (Wildman–Crippen MR) is 241 cm³/mol. The number of pyridine rings is 2. The van der Waals surface area contributed by atoms with Crippen molar-refractivity contribution in [3.8, 4) is 0 Å². The maximum absolute atomic E-state index is 14.2. The summed E-state index contributed by atoms with van der Waals surface area (Å²) in [6.07, 6.45) is 0.402. The van der Waals surface area contributed by atoms with Crippen molar-refractivity contribution < 1.29 is 29.4 Å². The standard InChI is InChI=1S/C48H66N8O6/c1-29(2)41(53-47(61)55(9)27-37-23-33(7)19-21-49-37)45(59)51-39(25-35-15-11-31(5)12-16-35)43(57)44(58)40(26-36-17-13-32(6)14-18-36)52-46(60)42(30(3)4)54-48(62)56(10)28-38-24-34(8)20-22-50-38/h11-24,29-30,39-44,57-58H,25-28H2,1-10H3,(H,51,59)(H,52,60)(H,53,61)(H,54,62)/t39-,40-,41-,42-,43-,44+/m0/s1. The lowest BCUT2D eigenvalue weighted by atomic mass is 9.90. The van der Waals surface area contributed by atoms with Crippen LogP contribution in [-0.4, -0.2) is 104 Å². The number of aliphatic hydroxyl groups excluding tert-OH is 2. The van der Waals surface area contributed by atoms with Gasteiger partial charge < -0.3 is 41.3 Å². The number of urea groups is 2. The Bertz CT molecular complexity index is 1940. The molecule has 0 spiro atoms. The van der Waals surface area contributed by atoms with Gasteiger partial charge in [0.25, 0.3) is 0 Å². The summed E-state index contributed by atoms with van der Waals surface area (Å²) >= 11 is 0. The lowest BCUT2D eigenvalue weighted by Crippen LogP contribution is -2.62. The lowest BCUT2D eigenvalue weighted by molar-refractivity contribution is -0.129. The normalized spacial score (nSPS) is 14.2. The van der Waals surface area contributed by atoms with Gasteiger partial charge in [0.2, 0.25) is 11.8 Å². The Morgan fingerprint density at radius 3 is 1.18 bits per heavy atom. The molecule has 0 aliphatic heterocycles. The van der Waals surface area contributed by atoms with E-state index in [1.54, 1.807) is 54.2 Å². The van der Waals surface area contributed by atoms with Crippen molar-refractivity contribution in [2.75, 3.05) is 14.1 Å². The van der Waals surface area contributed by atoms with Crippen LogP contribution in [0.2, 0.25) is 0 Å². The highest BCUT2D eigenvalue weighted by molar-refractivity contribution is 5.88. The number of aryl methyl sites for hydroxylation is 4. The molecule has 0 bridgehead atoms. The van der Waals surface area contributed by atoms with Gasteiger partial charge >= 0.3 is 12.1 Å². The first-order chi connectivity index (χ1) is 29.3. The fourth-order valence-electron chi connectivity index (χ4n) is 7.05. The van der Waals surface area contributed by atoms with Gasteiger partial charge in [0.05, 0.1) is 36.6 Å². The summed E-state index contributed by atoms with van der Waals surface area (Å²) in [4.78, 5) is 66.8. The maximum atomic E-state index is 14.2. The van der Waals surface area contributed by atoms with Crippen molar-refractivity contribution in [2.24, 2.45) is 11.8 Å². The third-order valence-corrected chi connectivity index (χ3v) is 10.9. The highest BCUT2D eigenvalue weighted by Gasteiger charge is 2.38. The first-order valence-corrected chi connectivity index (χ1v) is 21.3. The highest BCUT2D eigenvalue weighted by atomic mass is 16.3. The second kappa shape index (κ2) is 22.8. The average Bonchev–Trinajstić information content (AvgIpc) is 3.21. The summed E-state index contributed by atoms with van der Waals surface area (Å²) in [6, 6.07) is 17.6. The molecule has 6 N–H and O–H groups in total. The topological polar surface area (TPSA) is 189 Å². The maximum Gasteiger partial charge on any atom is 0.318 e. The molecule has 0 unspecified atom stereocenters. The molecule has 0 saturated heterocycles. The fraction of sp³-hybridized carbons (Fsp3) is 0.458. The predicted octanol–water partition coefficient (Wildman–Crippen LogP) is 4.92. The molecule has 6 amide bonds. The molecule has 2 aromatic heterocycles. The van der Waals surface area contributed by atoms with Crippen LogP contribution < -0.4 is 21.3 Å². The van der Waals surface area contributed by atoms with Crippen molar-refractivity contribution in [3.63, 3.8) is 0 Å². The van der Waals surface area contributed by atoms with E-state index in [-0.39, 0.29) is 37.8 Å². The van der Waals surface area contributed by atoms with E-state index < -0.39 is 60.3 Å². The van der Waals surface area contributed by atoms with Crippen LogP contribution in [0, 0.1) is 39.5 Å². The van der Waals surface area contributed by atoms with E-state index >= 15 is 0 Å². The van der Waals surface area contributed by atoms with Crippen LogP contribution in [0.4, 0.5) is 9.59 Å². The van der Waals surface area contributed by atoms with E-state index in [1.165, 1.54) is 9.80 Å². The number of carbonyl (C=O) groups is 4. The van der Waals surface area contributed by atoms with Crippen LogP contribution >= 0.6 is 0 Å². The average molecular weight is 851 g/mol. The van der Waals surface area contributed by atoms with Gasteiger partial charge in [-0.25, -0.2) is 9.59 Å². The Kier molecular flexibility index (Phi) is 18.0. The number of aliphatic hydroxyl groups is 2. The second-order valence-electron chi connectivity index (χ2n) is 17.3. The highest BCUT2D eigenvalue weighted by Crippen LogP contribution is 2.18. The third-order valence-electron chi connectivity index (χ3n) is 10.9. The fourth-order valence-corrected chi connectivity index (χ4v) is 7.05. The Morgan fingerprint density at radius 2 is 0.871 bits per heavy atom. The molecule has 6 atom stereocenters. The summed E-state index contributed by atoms with van der Waals surface area (Å²) < 4.78 is 0. The molecule has 4 rings (SSSR count). The molecule has 0 aliphatic rings. The first-order valence-electron chi connectivity index (χ1n) is 21.3. The number of benzene rings is 2. The van der Waals surface area contributed by atoms with E-state index in [0.29, 0.717) is 11.4 Å². The van der Waals surface area contributed by atoms with Gasteiger partial charge in [0.1, 0.15) is 24.3 Å². The minimum atomic E-state index is -1.60. The van der Waals surface area contributed by atoms with Gasteiger partial charge in [0.15, 0.2) is 0 Å². The van der Waals surface area contributed by atoms with Gasteiger partial charge in [-0.05, 0) is 98.9 Å². The van der Waals surface area contributed by atoms with Crippen LogP contribution in [-0.2, 0) is 35.5 Å². The Balaban J connectivity index is 1.59. The van der Waals surface area contributed by atoms with Crippen LogP contribution in [0.25, 0.3) is 0 Å². The molecule has 62 heavy (non-hydrogen) atoms. The van der Waals surface area contributed by atoms with Crippen LogP contribution in [0.1, 0.15) is 72.5 Å². The first kappa shape index (κ1) is 48.8. The molecule has 14 heteroatoms. The Morgan fingerprint density at radius 1 is 0.532 bits per heavy atom. The molecule has 0 saturated carbocycles. The largest absolute Gasteiger partial charge is 0.388 e. The number of rotatable bonds is 19. The van der Waals surface area contributed by atoms with Crippen LogP contribution in [0.15, 0.2) is 85.2 Å². The van der Waals surface area contributed by atoms with Gasteiger partial charge in [-0.3, -0.25) is 19.6 Å². The number of nitrogens with one attached hydrogen (secondary N) is 4. The minimum Gasteiger partial charge on any atom is -0.388 e. The number of hydrogen-bond acceptors (Lipinski definition) is 8. The summed E-state index contributed by atoms with van der Waals surface area (Å²) in [6.45, 7) is 15.5. The number of amides is 6. The van der Waals surface area contributed by atoms with E-state index in [4.69, 9.17) is 0 Å². The number of hydrogen-bond donors (Lipinski definition) is 6. The summed E-state index contributed by atoms with van der Waals surface area (Å²) in [5.41, 5.74) is 7.02. The number of nitrogens with zero attached hydrogens (tertiary/aromatic N) is 4. The zero-order valence-electron chi connectivity index (χ0n) is 37.8. The molecule has 14 nitrogen and oxygen atoms in total. The molecule has 4 aromatic rings. The molecule has 334 valence electrons. The molecule has 2 heterocycles. The van der Waals surface area contributed by atoms with Crippen LogP contribution in [0.3, 0.4) is 0 Å². The summed E-state index contributed by atoms with van der Waals surface area (Å²) in [7, 11) is 3.24. The molecular formula is C48H66N8O6. The quantitative estimate of drug-likeness (QED) is 0.0767. The van der Waals surface area contributed by atoms with E-state index in [9.17, 15) is 29.4 Å². The second-order valence-corrected chi connectivity index (χ2v) is 17.3. The van der Waals surface area contributed by atoms with Gasteiger partial charge in [-0.15, -0.1) is 0 Å². The van der Waals surface area contributed by atoms with Gasteiger partial charge in [-0.1, -0.05) is 87.4 Å². The Labute approximate surface area is 366 Å². The number of carbonyl (C=O) groups excluding carboxylic acids is 4. The van der Waals surface area contributed by atoms with Crippen LogP contribution in [0.5, 0.6) is 0 Å². The van der Waals surface area contributed by atoms with Crippen molar-refractivity contribution in [1.29, 1.82) is 0 Å². The zero-order chi connectivity index (χ0) is 45.7. The van der Waals surface area contributed by atoms with E-state index in [2.05, 4.69) is 31.2 Å². The minimum absolute atomic E-state index is 0.125. The summed E-state index contributed by atoms with van der Waals surface area (Å²) in [5.74, 6) is -1.80. The monoisotopic (exact) mass is 851 g/mol. The smallest absolute Gasteiger partial charge is 0.318 e. The molecular weight excluding hydrogens is 785 g/mol. The van der Waals surface area contributed by atoms with Gasteiger partial charge in [0, 0.05) is 26.5 Å². The SMILES string of the molecule is Cc1ccc(C[C@H](NC(=O)[C@@H](NC(=O)N(C)Cc2cc(C)ccn2)C(C)C)[C@H](O)[C@H](O)[C@H](Cc2ccc(C)cc2)NC(=O)[C@@H](NC(=O)N(C)Cc2cc(C)ccn2)C(C)C)cc1. The molecule has 0 aliphatic carbocycles. The third kappa shape index (κ3) is 14.7. The molecule has 2 aromatic carbocycles.